The average Bonchev–Trinajstić information content (AvgIpc) is 3.10. The van der Waals surface area contributed by atoms with E-state index in [-0.39, 0.29) is 13.2 Å². The Morgan fingerprint density at radius 1 is 1.30 bits per heavy atom. The quantitative estimate of drug-likeness (QED) is 0.685. The van der Waals surface area contributed by atoms with Crippen molar-refractivity contribution >= 4 is 23.3 Å². The minimum Gasteiger partial charge on any atom is -0.480 e. The molecule has 0 saturated heterocycles. The normalized spacial score (nSPS) is 12.0. The number of rotatable bonds is 9. The van der Waals surface area contributed by atoms with Gasteiger partial charge in [-0.15, -0.1) is 11.3 Å². The number of ether oxygens (including phenoxy) is 1. The summed E-state index contributed by atoms with van der Waals surface area (Å²) in [5.41, 5.74) is 1.73. The average molecular weight is 391 g/mol. The molecule has 2 rings (SSSR count). The molecule has 2 N–H and O–H groups in total. The van der Waals surface area contributed by atoms with Crippen molar-refractivity contribution in [3.05, 3.63) is 52.0 Å². The van der Waals surface area contributed by atoms with E-state index < -0.39 is 18.0 Å². The number of carbonyl (C=O) groups excluding carboxylic acids is 1. The van der Waals surface area contributed by atoms with Crippen molar-refractivity contribution in [2.75, 3.05) is 13.7 Å². The van der Waals surface area contributed by atoms with Crippen molar-refractivity contribution < 1.29 is 19.4 Å². The van der Waals surface area contributed by atoms with Crippen LogP contribution in [0.5, 0.6) is 0 Å². The van der Waals surface area contributed by atoms with Gasteiger partial charge in [-0.2, -0.15) is 0 Å². The summed E-state index contributed by atoms with van der Waals surface area (Å²) in [5.74, 6) is -0.804. The number of aliphatic carboxylic acids is 1. The van der Waals surface area contributed by atoms with E-state index in [1.165, 1.54) is 4.90 Å². The SMILES string of the molecule is CC(C)c1nc(CN(C)C(=O)N[C@@H](COCc2ccccc2)C(=O)O)cs1. The van der Waals surface area contributed by atoms with E-state index in [1.807, 2.05) is 35.7 Å². The molecule has 0 unspecified atom stereocenters. The van der Waals surface area contributed by atoms with Crippen molar-refractivity contribution in [1.29, 1.82) is 0 Å². The number of amides is 2. The number of carboxylic acid groups (broad SMARTS) is 1. The molecule has 0 aliphatic rings. The van der Waals surface area contributed by atoms with Crippen LogP contribution in [-0.4, -0.2) is 46.7 Å². The zero-order chi connectivity index (χ0) is 19.8. The highest BCUT2D eigenvalue weighted by Gasteiger charge is 2.22. The molecule has 0 spiro atoms. The van der Waals surface area contributed by atoms with Crippen LogP contribution >= 0.6 is 11.3 Å². The molecule has 0 bridgehead atoms. The first-order valence-electron chi connectivity index (χ1n) is 8.67. The molecule has 1 aromatic heterocycles. The monoisotopic (exact) mass is 391 g/mol. The second kappa shape index (κ2) is 10.0. The van der Waals surface area contributed by atoms with Crippen LogP contribution in [-0.2, 0) is 22.7 Å². The standard InChI is InChI=1S/C19H25N3O4S/c1-13(2)17-20-15(12-27-17)9-22(3)19(25)21-16(18(23)24)11-26-10-14-7-5-4-6-8-14/h4-8,12-13,16H,9-11H2,1-3H3,(H,21,25)(H,23,24)/t16-/m0/s1. The molecule has 0 fully saturated rings. The third-order valence-corrected chi connectivity index (χ3v) is 5.00. The molecular weight excluding hydrogens is 366 g/mol. The van der Waals surface area contributed by atoms with Gasteiger partial charge < -0.3 is 20.1 Å². The van der Waals surface area contributed by atoms with Crippen LogP contribution in [0.3, 0.4) is 0 Å². The maximum Gasteiger partial charge on any atom is 0.328 e. The molecule has 1 heterocycles. The van der Waals surface area contributed by atoms with Gasteiger partial charge in [0.15, 0.2) is 6.04 Å². The minimum absolute atomic E-state index is 0.113. The van der Waals surface area contributed by atoms with Crippen LogP contribution in [0.4, 0.5) is 4.79 Å². The third kappa shape index (κ3) is 6.65. The molecule has 2 aromatic rings. The largest absolute Gasteiger partial charge is 0.480 e. The minimum atomic E-state index is -1.14. The predicted octanol–water partition coefficient (Wildman–Crippen LogP) is 3.08. The lowest BCUT2D eigenvalue weighted by Crippen LogP contribution is -2.48. The molecule has 27 heavy (non-hydrogen) atoms. The molecule has 7 nitrogen and oxygen atoms in total. The number of thiazole rings is 1. The topological polar surface area (TPSA) is 91.8 Å². The van der Waals surface area contributed by atoms with Crippen LogP contribution in [0.15, 0.2) is 35.7 Å². The molecule has 8 heteroatoms. The number of carbonyl (C=O) groups is 2. The maximum absolute atomic E-state index is 12.3. The number of aromatic nitrogens is 1. The van der Waals surface area contributed by atoms with E-state index >= 15 is 0 Å². The molecule has 0 aliphatic heterocycles. The van der Waals surface area contributed by atoms with E-state index in [1.54, 1.807) is 18.4 Å². The van der Waals surface area contributed by atoms with E-state index in [9.17, 15) is 14.7 Å². The lowest BCUT2D eigenvalue weighted by Gasteiger charge is -2.21. The van der Waals surface area contributed by atoms with Gasteiger partial charge in [0.1, 0.15) is 0 Å². The predicted molar refractivity (Wildman–Crippen MR) is 104 cm³/mol. The van der Waals surface area contributed by atoms with Crippen molar-refractivity contribution in [2.45, 2.75) is 39.0 Å². The van der Waals surface area contributed by atoms with Crippen LogP contribution < -0.4 is 5.32 Å². The zero-order valence-electron chi connectivity index (χ0n) is 15.7. The Morgan fingerprint density at radius 2 is 2.00 bits per heavy atom. The second-order valence-electron chi connectivity index (χ2n) is 6.53. The smallest absolute Gasteiger partial charge is 0.328 e. The van der Waals surface area contributed by atoms with Gasteiger partial charge in [0.2, 0.25) is 0 Å². The van der Waals surface area contributed by atoms with E-state index in [0.717, 1.165) is 16.3 Å². The highest BCUT2D eigenvalue weighted by Crippen LogP contribution is 2.19. The van der Waals surface area contributed by atoms with E-state index in [2.05, 4.69) is 24.1 Å². The molecule has 0 saturated carbocycles. The van der Waals surface area contributed by atoms with Crippen LogP contribution in [0.25, 0.3) is 0 Å². The first-order valence-corrected chi connectivity index (χ1v) is 9.55. The van der Waals surface area contributed by atoms with Gasteiger partial charge >= 0.3 is 12.0 Å². The molecule has 1 aromatic carbocycles. The molecule has 0 aliphatic carbocycles. The number of nitrogens with one attached hydrogen (secondary N) is 1. The Balaban J connectivity index is 1.84. The molecule has 0 radical (unpaired) electrons. The number of urea groups is 1. The highest BCUT2D eigenvalue weighted by molar-refractivity contribution is 7.09. The van der Waals surface area contributed by atoms with Crippen LogP contribution in [0, 0.1) is 0 Å². The Bertz CT molecular complexity index is 748. The van der Waals surface area contributed by atoms with Crippen molar-refractivity contribution in [2.24, 2.45) is 0 Å². The van der Waals surface area contributed by atoms with Gasteiger partial charge in [0.05, 0.1) is 30.5 Å². The third-order valence-electron chi connectivity index (χ3n) is 3.80. The molecule has 1 atom stereocenters. The lowest BCUT2D eigenvalue weighted by atomic mass is 10.2. The zero-order valence-corrected chi connectivity index (χ0v) is 16.5. The number of nitrogens with zero attached hydrogens (tertiary/aromatic N) is 2. The van der Waals surface area contributed by atoms with Crippen molar-refractivity contribution in [1.82, 2.24) is 15.2 Å². The molecule has 2 amide bonds. The lowest BCUT2D eigenvalue weighted by molar-refractivity contribution is -0.141. The Morgan fingerprint density at radius 3 is 2.59 bits per heavy atom. The van der Waals surface area contributed by atoms with Crippen molar-refractivity contribution in [3.8, 4) is 0 Å². The summed E-state index contributed by atoms with van der Waals surface area (Å²) in [7, 11) is 1.60. The van der Waals surface area contributed by atoms with E-state index in [4.69, 9.17) is 4.74 Å². The first-order chi connectivity index (χ1) is 12.9. The fourth-order valence-corrected chi connectivity index (χ4v) is 3.10. The Hall–Kier alpha value is -2.45. The Kier molecular flexibility index (Phi) is 7.75. The first kappa shape index (κ1) is 20.9. The fraction of sp³-hybridized carbons (Fsp3) is 0.421. The summed E-state index contributed by atoms with van der Waals surface area (Å²) in [4.78, 5) is 29.6. The van der Waals surface area contributed by atoms with Crippen LogP contribution in [0.1, 0.15) is 36.0 Å². The summed E-state index contributed by atoms with van der Waals surface area (Å²) < 4.78 is 5.45. The van der Waals surface area contributed by atoms with Crippen molar-refractivity contribution in [3.63, 3.8) is 0 Å². The summed E-state index contributed by atoms with van der Waals surface area (Å²) >= 11 is 1.56. The number of carboxylic acids is 1. The van der Waals surface area contributed by atoms with Gasteiger partial charge in [-0.05, 0) is 5.56 Å². The second-order valence-corrected chi connectivity index (χ2v) is 7.42. The number of hydrogen-bond donors (Lipinski definition) is 2. The molecule has 146 valence electrons. The number of hydrogen-bond acceptors (Lipinski definition) is 5. The number of benzene rings is 1. The summed E-state index contributed by atoms with van der Waals surface area (Å²) in [6.07, 6.45) is 0. The van der Waals surface area contributed by atoms with Crippen LogP contribution in [0.2, 0.25) is 0 Å². The van der Waals surface area contributed by atoms with Gasteiger partial charge in [-0.1, -0.05) is 44.2 Å². The fourth-order valence-electron chi connectivity index (χ4n) is 2.28. The summed E-state index contributed by atoms with van der Waals surface area (Å²) in [6.45, 7) is 4.61. The van der Waals surface area contributed by atoms with Gasteiger partial charge in [0, 0.05) is 18.3 Å². The van der Waals surface area contributed by atoms with Gasteiger partial charge in [0.25, 0.3) is 0 Å². The highest BCUT2D eigenvalue weighted by atomic mass is 32.1. The summed E-state index contributed by atoms with van der Waals surface area (Å²) in [5, 5.41) is 14.7. The molecular formula is C19H25N3O4S. The summed E-state index contributed by atoms with van der Waals surface area (Å²) in [6, 6.07) is 7.84. The van der Waals surface area contributed by atoms with E-state index in [0.29, 0.717) is 12.5 Å². The maximum atomic E-state index is 12.3. The Labute approximate surface area is 163 Å². The van der Waals surface area contributed by atoms with Gasteiger partial charge in [-0.25, -0.2) is 14.6 Å². The van der Waals surface area contributed by atoms with Gasteiger partial charge in [-0.3, -0.25) is 0 Å².